The zero-order valence-corrected chi connectivity index (χ0v) is 22.0. The Morgan fingerprint density at radius 3 is 2.41 bits per heavy atom. The second-order valence-electron chi connectivity index (χ2n) is 8.59. The Labute approximate surface area is 229 Å². The molecule has 5 rings (SSSR count). The second-order valence-corrected chi connectivity index (χ2v) is 9.02. The minimum absolute atomic E-state index is 0.222. The Morgan fingerprint density at radius 2 is 1.64 bits per heavy atom. The first-order chi connectivity index (χ1) is 19.0. The number of hydrogen-bond donors (Lipinski definition) is 1. The van der Waals surface area contributed by atoms with Crippen LogP contribution in [0.25, 0.3) is 28.7 Å². The highest BCUT2D eigenvalue weighted by Crippen LogP contribution is 2.28. The molecule has 0 unspecified atom stereocenters. The molecule has 0 bridgehead atoms. The van der Waals surface area contributed by atoms with Gasteiger partial charge < -0.3 is 14.8 Å². The fourth-order valence-corrected chi connectivity index (χ4v) is 4.29. The van der Waals surface area contributed by atoms with Gasteiger partial charge in [-0.3, -0.25) is 14.2 Å². The molecule has 1 heterocycles. The minimum atomic E-state index is -0.333. The van der Waals surface area contributed by atoms with Gasteiger partial charge in [-0.15, -0.1) is 0 Å². The van der Waals surface area contributed by atoms with Crippen molar-refractivity contribution in [3.8, 4) is 17.2 Å². The van der Waals surface area contributed by atoms with Gasteiger partial charge in [0.2, 0.25) is 0 Å². The van der Waals surface area contributed by atoms with E-state index in [9.17, 15) is 9.59 Å². The summed E-state index contributed by atoms with van der Waals surface area (Å²) < 4.78 is 12.1. The van der Waals surface area contributed by atoms with Crippen molar-refractivity contribution in [2.24, 2.45) is 0 Å². The highest BCUT2D eigenvalue weighted by atomic mass is 35.5. The fourth-order valence-electron chi connectivity index (χ4n) is 4.16. The number of anilines is 1. The van der Waals surface area contributed by atoms with E-state index in [1.54, 1.807) is 78.9 Å². The van der Waals surface area contributed by atoms with Crippen LogP contribution >= 0.6 is 11.6 Å². The van der Waals surface area contributed by atoms with Crippen molar-refractivity contribution in [2.45, 2.75) is 0 Å². The summed E-state index contributed by atoms with van der Waals surface area (Å²) in [4.78, 5) is 31.4. The first-order valence-corrected chi connectivity index (χ1v) is 12.4. The summed E-state index contributed by atoms with van der Waals surface area (Å²) in [7, 11) is 3.04. The van der Waals surface area contributed by atoms with Gasteiger partial charge in [-0.05, 0) is 72.3 Å². The number of ether oxygens (including phenoxy) is 2. The SMILES string of the molecule is COc1ccc(C(=O)Nc2cccc(-n3c(/C=C/c4ccc(Cl)cc4)nc4ccccc4c3=O)c2)cc1OC. The van der Waals surface area contributed by atoms with Crippen molar-refractivity contribution in [1.29, 1.82) is 0 Å². The number of fused-ring (bicyclic) bond motifs is 1. The number of methoxy groups -OCH3 is 2. The van der Waals surface area contributed by atoms with Crippen molar-refractivity contribution >= 4 is 46.3 Å². The van der Waals surface area contributed by atoms with Gasteiger partial charge in [0.05, 0.1) is 30.8 Å². The van der Waals surface area contributed by atoms with Gasteiger partial charge in [-0.1, -0.05) is 48.0 Å². The van der Waals surface area contributed by atoms with Crippen LogP contribution in [-0.4, -0.2) is 29.7 Å². The molecular weight excluding hydrogens is 514 g/mol. The van der Waals surface area contributed by atoms with E-state index >= 15 is 0 Å². The number of amides is 1. The van der Waals surface area contributed by atoms with Crippen molar-refractivity contribution in [3.05, 3.63) is 123 Å². The Kier molecular flexibility index (Phi) is 7.43. The van der Waals surface area contributed by atoms with Gasteiger partial charge >= 0.3 is 0 Å². The molecule has 1 N–H and O–H groups in total. The monoisotopic (exact) mass is 537 g/mol. The summed E-state index contributed by atoms with van der Waals surface area (Å²) in [5.41, 5.74) is 2.74. The normalized spacial score (nSPS) is 11.1. The maximum Gasteiger partial charge on any atom is 0.266 e. The molecule has 39 heavy (non-hydrogen) atoms. The number of hydrogen-bond acceptors (Lipinski definition) is 5. The third kappa shape index (κ3) is 5.54. The molecule has 0 aliphatic heterocycles. The molecule has 7 nitrogen and oxygen atoms in total. The van der Waals surface area contributed by atoms with Gasteiger partial charge in [0.25, 0.3) is 11.5 Å². The first-order valence-electron chi connectivity index (χ1n) is 12.1. The number of carbonyl (C=O) groups excluding carboxylic acids is 1. The Morgan fingerprint density at radius 1 is 0.872 bits per heavy atom. The van der Waals surface area contributed by atoms with E-state index in [0.29, 0.717) is 50.2 Å². The Hall–Kier alpha value is -4.88. The molecule has 0 aliphatic rings. The molecule has 0 saturated heterocycles. The standard InChI is InChI=1S/C31H24ClN3O4/c1-38-27-16-13-21(18-28(27)39-2)30(36)33-23-6-5-7-24(19-23)35-29(17-12-20-10-14-22(32)15-11-20)34-26-9-4-3-8-25(26)31(35)37/h3-19H,1-2H3,(H,33,36)/b17-12+. The zero-order chi connectivity index (χ0) is 27.4. The molecular formula is C31H24ClN3O4. The van der Waals surface area contributed by atoms with Crippen molar-refractivity contribution < 1.29 is 14.3 Å². The summed E-state index contributed by atoms with van der Waals surface area (Å²) in [6.45, 7) is 0. The van der Waals surface area contributed by atoms with E-state index in [4.69, 9.17) is 26.1 Å². The summed E-state index contributed by atoms with van der Waals surface area (Å²) in [5.74, 6) is 1.08. The predicted molar refractivity (Wildman–Crippen MR) is 155 cm³/mol. The molecule has 5 aromatic rings. The van der Waals surface area contributed by atoms with Gasteiger partial charge in [0, 0.05) is 16.3 Å². The van der Waals surface area contributed by atoms with Gasteiger partial charge in [0.15, 0.2) is 11.5 Å². The number of benzene rings is 4. The fraction of sp³-hybridized carbons (Fsp3) is 0.0645. The molecule has 0 atom stereocenters. The van der Waals surface area contributed by atoms with Gasteiger partial charge in [-0.2, -0.15) is 0 Å². The molecule has 1 amide bonds. The summed E-state index contributed by atoms with van der Waals surface area (Å²) in [5, 5.41) is 4.02. The summed E-state index contributed by atoms with van der Waals surface area (Å²) in [6.07, 6.45) is 3.65. The topological polar surface area (TPSA) is 82.5 Å². The minimum Gasteiger partial charge on any atom is -0.493 e. The number of halogens is 1. The van der Waals surface area contributed by atoms with Crippen molar-refractivity contribution in [3.63, 3.8) is 0 Å². The van der Waals surface area contributed by atoms with E-state index < -0.39 is 0 Å². The number of nitrogens with zero attached hydrogens (tertiary/aromatic N) is 2. The van der Waals surface area contributed by atoms with Crippen LogP contribution in [0.1, 0.15) is 21.7 Å². The number of rotatable bonds is 7. The van der Waals surface area contributed by atoms with E-state index in [2.05, 4.69) is 5.32 Å². The van der Waals surface area contributed by atoms with Gasteiger partial charge in [0.1, 0.15) is 5.82 Å². The average Bonchev–Trinajstić information content (AvgIpc) is 2.96. The lowest BCUT2D eigenvalue weighted by atomic mass is 10.1. The molecule has 0 radical (unpaired) electrons. The third-order valence-corrected chi connectivity index (χ3v) is 6.36. The molecule has 1 aromatic heterocycles. The van der Waals surface area contributed by atoms with Crippen molar-refractivity contribution in [2.75, 3.05) is 19.5 Å². The van der Waals surface area contributed by atoms with Crippen LogP contribution in [0, 0.1) is 0 Å². The lowest BCUT2D eigenvalue weighted by Crippen LogP contribution is -2.22. The lowest BCUT2D eigenvalue weighted by molar-refractivity contribution is 0.102. The number of carbonyl (C=O) groups is 1. The molecule has 0 fully saturated rings. The number of para-hydroxylation sites is 1. The van der Waals surface area contributed by atoms with Crippen LogP contribution in [-0.2, 0) is 0 Å². The molecule has 0 saturated carbocycles. The summed E-state index contributed by atoms with van der Waals surface area (Å²) in [6, 6.07) is 26.5. The van der Waals surface area contributed by atoms with Crippen molar-refractivity contribution in [1.82, 2.24) is 9.55 Å². The van der Waals surface area contributed by atoms with E-state index in [0.717, 1.165) is 5.56 Å². The highest BCUT2D eigenvalue weighted by molar-refractivity contribution is 6.30. The largest absolute Gasteiger partial charge is 0.493 e. The molecule has 8 heteroatoms. The van der Waals surface area contributed by atoms with Gasteiger partial charge in [-0.25, -0.2) is 4.98 Å². The van der Waals surface area contributed by atoms with Crippen LogP contribution < -0.4 is 20.3 Å². The van der Waals surface area contributed by atoms with E-state index in [1.165, 1.54) is 18.8 Å². The molecule has 4 aromatic carbocycles. The lowest BCUT2D eigenvalue weighted by Gasteiger charge is -2.14. The van der Waals surface area contributed by atoms with Crippen LogP contribution in [0.5, 0.6) is 11.5 Å². The number of aromatic nitrogens is 2. The maximum atomic E-state index is 13.7. The molecule has 0 spiro atoms. The molecule has 0 aliphatic carbocycles. The predicted octanol–water partition coefficient (Wildman–Crippen LogP) is 6.48. The van der Waals surface area contributed by atoms with E-state index in [-0.39, 0.29) is 11.5 Å². The summed E-state index contributed by atoms with van der Waals surface area (Å²) >= 11 is 6.02. The molecule has 194 valence electrons. The zero-order valence-electron chi connectivity index (χ0n) is 21.2. The number of nitrogens with one attached hydrogen (secondary N) is 1. The Balaban J connectivity index is 1.54. The smallest absolute Gasteiger partial charge is 0.266 e. The first kappa shape index (κ1) is 25.8. The van der Waals surface area contributed by atoms with Crippen LogP contribution in [0.2, 0.25) is 5.02 Å². The second kappa shape index (κ2) is 11.2. The van der Waals surface area contributed by atoms with Crippen LogP contribution in [0.3, 0.4) is 0 Å². The maximum absolute atomic E-state index is 13.7. The van der Waals surface area contributed by atoms with Crippen LogP contribution in [0.4, 0.5) is 5.69 Å². The average molecular weight is 538 g/mol. The Bertz CT molecular complexity index is 1760. The highest BCUT2D eigenvalue weighted by Gasteiger charge is 2.14. The van der Waals surface area contributed by atoms with Crippen LogP contribution in [0.15, 0.2) is 95.8 Å². The quantitative estimate of drug-likeness (QED) is 0.257. The van der Waals surface area contributed by atoms with E-state index in [1.807, 2.05) is 24.3 Å². The third-order valence-electron chi connectivity index (χ3n) is 6.10.